The number of nitro benzene ring substituents is 1. The zero-order chi connectivity index (χ0) is 28.8. The summed E-state index contributed by atoms with van der Waals surface area (Å²) in [7, 11) is 0. The number of carbonyl (C=O) groups is 2. The van der Waals surface area contributed by atoms with Gasteiger partial charge in [-0.2, -0.15) is 0 Å². The van der Waals surface area contributed by atoms with Crippen LogP contribution in [0.25, 0.3) is 0 Å². The van der Waals surface area contributed by atoms with E-state index in [1.807, 2.05) is 24.3 Å². The average molecular weight is 552 g/mol. The Hall–Kier alpha value is -4.25. The summed E-state index contributed by atoms with van der Waals surface area (Å²) in [6.07, 6.45) is -0.594. The standard InChI is InChI=1S/C29H33N3O8/c1-17(2)39-29(34)26-19(4)31-18(3)25(27(26)20-8-7-9-21(14-20)32(35)36)28(33)37-13-12-30-15-22-16-38-23-10-5-6-11-24(23)40-22/h5-11,14,17,22,26-27,30H,12-13,15-16H2,1-4H3. The van der Waals surface area contributed by atoms with Crippen LogP contribution >= 0.6 is 0 Å². The number of para-hydroxylation sites is 2. The van der Waals surface area contributed by atoms with E-state index in [2.05, 4.69) is 10.3 Å². The van der Waals surface area contributed by atoms with Crippen LogP contribution in [0.3, 0.4) is 0 Å². The first-order valence-corrected chi connectivity index (χ1v) is 13.1. The summed E-state index contributed by atoms with van der Waals surface area (Å²) in [5.74, 6) is -1.64. The van der Waals surface area contributed by atoms with E-state index in [0.717, 1.165) is 0 Å². The molecule has 0 bridgehead atoms. The van der Waals surface area contributed by atoms with Gasteiger partial charge < -0.3 is 24.3 Å². The third-order valence-corrected chi connectivity index (χ3v) is 6.55. The zero-order valence-electron chi connectivity index (χ0n) is 22.9. The number of nitro groups is 1. The number of rotatable bonds is 10. The molecule has 0 aliphatic carbocycles. The van der Waals surface area contributed by atoms with Crippen molar-refractivity contribution in [3.8, 4) is 11.5 Å². The van der Waals surface area contributed by atoms with Crippen molar-refractivity contribution in [1.82, 2.24) is 5.32 Å². The molecule has 0 fully saturated rings. The van der Waals surface area contributed by atoms with Gasteiger partial charge in [-0.25, -0.2) is 4.79 Å². The Morgan fingerprint density at radius 3 is 2.62 bits per heavy atom. The van der Waals surface area contributed by atoms with E-state index in [-0.39, 0.29) is 24.0 Å². The molecule has 0 saturated carbocycles. The number of nitrogens with zero attached hydrogens (tertiary/aromatic N) is 2. The van der Waals surface area contributed by atoms with Crippen molar-refractivity contribution >= 4 is 23.3 Å². The number of hydrogen-bond acceptors (Lipinski definition) is 10. The summed E-state index contributed by atoms with van der Waals surface area (Å²) < 4.78 is 22.7. The predicted molar refractivity (Wildman–Crippen MR) is 147 cm³/mol. The van der Waals surface area contributed by atoms with E-state index >= 15 is 0 Å². The number of esters is 2. The van der Waals surface area contributed by atoms with Crippen molar-refractivity contribution in [2.45, 2.75) is 45.8 Å². The summed E-state index contributed by atoms with van der Waals surface area (Å²) in [6.45, 7) is 8.06. The molecule has 3 atom stereocenters. The van der Waals surface area contributed by atoms with Crippen LogP contribution < -0.4 is 14.8 Å². The van der Waals surface area contributed by atoms with Crippen LogP contribution in [0.4, 0.5) is 5.69 Å². The Morgan fingerprint density at radius 2 is 1.90 bits per heavy atom. The van der Waals surface area contributed by atoms with Crippen molar-refractivity contribution in [2.24, 2.45) is 10.9 Å². The van der Waals surface area contributed by atoms with E-state index in [0.29, 0.717) is 48.2 Å². The molecule has 4 rings (SSSR count). The lowest BCUT2D eigenvalue weighted by Crippen LogP contribution is -2.40. The molecule has 212 valence electrons. The zero-order valence-corrected chi connectivity index (χ0v) is 22.9. The van der Waals surface area contributed by atoms with Crippen molar-refractivity contribution < 1.29 is 33.5 Å². The van der Waals surface area contributed by atoms with Gasteiger partial charge in [-0.05, 0) is 45.4 Å². The summed E-state index contributed by atoms with van der Waals surface area (Å²) in [5, 5.41) is 14.7. The molecule has 2 aromatic carbocycles. The quantitative estimate of drug-likeness (QED) is 0.201. The fraction of sp³-hybridized carbons (Fsp3) is 0.414. The van der Waals surface area contributed by atoms with Gasteiger partial charge in [0, 0.05) is 42.5 Å². The highest BCUT2D eigenvalue weighted by atomic mass is 16.6. The minimum absolute atomic E-state index is 0.0469. The number of non-ortho nitro benzene ring substituents is 1. The van der Waals surface area contributed by atoms with Gasteiger partial charge >= 0.3 is 11.9 Å². The first-order valence-electron chi connectivity index (χ1n) is 13.1. The minimum atomic E-state index is -0.944. The van der Waals surface area contributed by atoms with Crippen LogP contribution in [-0.2, 0) is 19.1 Å². The van der Waals surface area contributed by atoms with Crippen molar-refractivity contribution in [3.63, 3.8) is 0 Å². The van der Waals surface area contributed by atoms with Gasteiger partial charge in [-0.3, -0.25) is 19.9 Å². The Labute approximate surface area is 232 Å². The van der Waals surface area contributed by atoms with Crippen LogP contribution in [0.15, 0.2) is 64.8 Å². The predicted octanol–water partition coefficient (Wildman–Crippen LogP) is 3.97. The molecule has 11 heteroatoms. The lowest BCUT2D eigenvalue weighted by Gasteiger charge is -2.32. The van der Waals surface area contributed by atoms with Gasteiger partial charge in [0.2, 0.25) is 0 Å². The van der Waals surface area contributed by atoms with E-state index in [1.54, 1.807) is 33.8 Å². The lowest BCUT2D eigenvalue weighted by atomic mass is 9.75. The number of fused-ring (bicyclic) bond motifs is 1. The maximum atomic E-state index is 13.4. The largest absolute Gasteiger partial charge is 0.486 e. The molecule has 3 unspecified atom stereocenters. The first-order chi connectivity index (χ1) is 19.2. The molecule has 11 nitrogen and oxygen atoms in total. The number of hydrogen-bond donors (Lipinski definition) is 1. The third-order valence-electron chi connectivity index (χ3n) is 6.55. The lowest BCUT2D eigenvalue weighted by molar-refractivity contribution is -0.384. The topological polar surface area (TPSA) is 139 Å². The minimum Gasteiger partial charge on any atom is -0.486 e. The van der Waals surface area contributed by atoms with Crippen LogP contribution in [0.2, 0.25) is 0 Å². The van der Waals surface area contributed by atoms with Gasteiger partial charge in [0.15, 0.2) is 11.5 Å². The molecule has 0 radical (unpaired) electrons. The van der Waals surface area contributed by atoms with Gasteiger partial charge in [-0.15, -0.1) is 0 Å². The summed E-state index contributed by atoms with van der Waals surface area (Å²) in [6, 6.07) is 13.3. The van der Waals surface area contributed by atoms with Gasteiger partial charge in [0.05, 0.1) is 16.6 Å². The second kappa shape index (κ2) is 12.7. The summed E-state index contributed by atoms with van der Waals surface area (Å²) in [4.78, 5) is 42.0. The molecule has 2 aliphatic rings. The molecule has 0 spiro atoms. The third kappa shape index (κ3) is 6.66. The highest BCUT2D eigenvalue weighted by Gasteiger charge is 2.43. The second-order valence-corrected chi connectivity index (χ2v) is 9.88. The number of nitrogens with one attached hydrogen (secondary N) is 1. The molecule has 2 aliphatic heterocycles. The smallest absolute Gasteiger partial charge is 0.336 e. The van der Waals surface area contributed by atoms with Crippen molar-refractivity contribution in [1.29, 1.82) is 0 Å². The van der Waals surface area contributed by atoms with Gasteiger partial charge in [0.1, 0.15) is 25.2 Å². The second-order valence-electron chi connectivity index (χ2n) is 9.88. The van der Waals surface area contributed by atoms with Crippen LogP contribution in [-0.4, -0.2) is 61.1 Å². The molecule has 40 heavy (non-hydrogen) atoms. The monoisotopic (exact) mass is 551 g/mol. The Morgan fingerprint density at radius 1 is 1.15 bits per heavy atom. The van der Waals surface area contributed by atoms with Crippen molar-refractivity contribution in [3.05, 3.63) is 75.5 Å². The molecule has 0 saturated heterocycles. The SMILES string of the molecule is CC1=NC(C)=C(C(=O)OCCNCC2COc3ccccc3O2)C(c2cccc([N+](=O)[O-])c2)C1C(=O)OC(C)C. The highest BCUT2D eigenvalue weighted by Crippen LogP contribution is 2.41. The number of allylic oxidation sites excluding steroid dienone is 1. The molecule has 0 amide bonds. The molecule has 2 heterocycles. The van der Waals surface area contributed by atoms with E-state index in [4.69, 9.17) is 18.9 Å². The molecular weight excluding hydrogens is 518 g/mol. The van der Waals surface area contributed by atoms with Crippen molar-refractivity contribution in [2.75, 3.05) is 26.3 Å². The van der Waals surface area contributed by atoms with Crippen LogP contribution in [0.5, 0.6) is 11.5 Å². The number of ether oxygens (including phenoxy) is 4. The summed E-state index contributed by atoms with van der Waals surface area (Å²) in [5.41, 5.74) is 1.27. The van der Waals surface area contributed by atoms with E-state index in [1.165, 1.54) is 18.2 Å². The molecule has 0 aromatic heterocycles. The molecule has 2 aromatic rings. The Balaban J connectivity index is 1.46. The Kier molecular flexibility index (Phi) is 9.15. The number of benzene rings is 2. The molecule has 1 N–H and O–H groups in total. The summed E-state index contributed by atoms with van der Waals surface area (Å²) >= 11 is 0. The van der Waals surface area contributed by atoms with E-state index in [9.17, 15) is 19.7 Å². The molecular formula is C29H33N3O8. The maximum Gasteiger partial charge on any atom is 0.336 e. The van der Waals surface area contributed by atoms with Crippen LogP contribution in [0.1, 0.15) is 39.2 Å². The van der Waals surface area contributed by atoms with Gasteiger partial charge in [0.25, 0.3) is 5.69 Å². The fourth-order valence-electron chi connectivity index (χ4n) is 4.83. The highest BCUT2D eigenvalue weighted by molar-refractivity contribution is 6.07. The maximum absolute atomic E-state index is 13.4. The van der Waals surface area contributed by atoms with Crippen LogP contribution in [0, 0.1) is 16.0 Å². The average Bonchev–Trinajstić information content (AvgIpc) is 2.91. The Bertz CT molecular complexity index is 1340. The number of carbonyl (C=O) groups excluding carboxylic acids is 2. The first kappa shape index (κ1) is 28.8. The van der Waals surface area contributed by atoms with Gasteiger partial charge in [-0.1, -0.05) is 24.3 Å². The van der Waals surface area contributed by atoms with E-state index < -0.39 is 34.8 Å². The normalized spacial score (nSPS) is 20.1. The fourth-order valence-corrected chi connectivity index (χ4v) is 4.83. The number of aliphatic imine (C=N–C) groups is 1.